The summed E-state index contributed by atoms with van der Waals surface area (Å²) < 4.78 is 20.6. The minimum atomic E-state index is -0.349. The summed E-state index contributed by atoms with van der Waals surface area (Å²) in [4.78, 5) is 26.7. The molecule has 1 aromatic heterocycles. The van der Waals surface area contributed by atoms with E-state index in [2.05, 4.69) is 5.10 Å². The lowest BCUT2D eigenvalue weighted by atomic mass is 9.81. The average Bonchev–Trinajstić information content (AvgIpc) is 3.33. The highest BCUT2D eigenvalue weighted by atomic mass is 19.1. The van der Waals surface area contributed by atoms with E-state index in [9.17, 15) is 14.0 Å². The summed E-state index contributed by atoms with van der Waals surface area (Å²) in [5.74, 6) is -1.38. The molecular weight excluding hydrogens is 325 g/mol. The summed E-state index contributed by atoms with van der Waals surface area (Å²) in [5.41, 5.74) is 1.23. The standard InChI is InChI=1S/C18H16FN3O3/c19-11-3-1-2-10(6-11)8-21-9-12(7-20-21)22-17(23)15-13-4-5-14(25-13)16(15)18(22)24/h1-3,6-7,9,13-16H,4-5,8H2/t13-,14-,15-,16+/m1/s1. The molecule has 3 aliphatic rings. The van der Waals surface area contributed by atoms with Crippen molar-refractivity contribution in [3.8, 4) is 0 Å². The van der Waals surface area contributed by atoms with Gasteiger partial charge < -0.3 is 4.74 Å². The molecule has 128 valence electrons. The van der Waals surface area contributed by atoms with Crippen LogP contribution in [0.5, 0.6) is 0 Å². The number of rotatable bonds is 3. The fourth-order valence-electron chi connectivity index (χ4n) is 4.34. The van der Waals surface area contributed by atoms with Crippen LogP contribution >= 0.6 is 0 Å². The molecule has 6 nitrogen and oxygen atoms in total. The first-order valence-corrected chi connectivity index (χ1v) is 8.42. The van der Waals surface area contributed by atoms with Crippen LogP contribution in [0.15, 0.2) is 36.7 Å². The largest absolute Gasteiger partial charge is 0.373 e. The maximum absolute atomic E-state index is 13.3. The second-order valence-corrected chi connectivity index (χ2v) is 6.88. The van der Waals surface area contributed by atoms with Crippen molar-refractivity contribution in [2.45, 2.75) is 31.6 Å². The number of carbonyl (C=O) groups excluding carboxylic acids is 2. The third-order valence-corrected chi connectivity index (χ3v) is 5.40. The summed E-state index contributed by atoms with van der Waals surface area (Å²) in [6.45, 7) is 0.370. The third-order valence-electron chi connectivity index (χ3n) is 5.40. The van der Waals surface area contributed by atoms with Crippen LogP contribution in [0, 0.1) is 17.7 Å². The van der Waals surface area contributed by atoms with Crippen LogP contribution in [0.4, 0.5) is 10.1 Å². The predicted molar refractivity (Wildman–Crippen MR) is 85.1 cm³/mol. The molecule has 2 amide bonds. The van der Waals surface area contributed by atoms with Gasteiger partial charge in [-0.1, -0.05) is 12.1 Å². The summed E-state index contributed by atoms with van der Waals surface area (Å²) in [6, 6.07) is 6.26. The Morgan fingerprint density at radius 1 is 1.16 bits per heavy atom. The SMILES string of the molecule is O=C1[C@@H]2[C@H](C(=O)N1c1cnn(Cc3cccc(F)c3)c1)[C@H]1CC[C@H]2O1. The second-order valence-electron chi connectivity index (χ2n) is 6.88. The molecule has 3 aliphatic heterocycles. The number of fused-ring (bicyclic) bond motifs is 5. The fraction of sp³-hybridized carbons (Fsp3) is 0.389. The van der Waals surface area contributed by atoms with Crippen LogP contribution in [0.3, 0.4) is 0 Å². The quantitative estimate of drug-likeness (QED) is 0.798. The highest BCUT2D eigenvalue weighted by molar-refractivity contribution is 6.22. The van der Waals surface area contributed by atoms with Crippen LogP contribution in [-0.4, -0.2) is 33.8 Å². The van der Waals surface area contributed by atoms with Gasteiger partial charge in [0.05, 0.1) is 42.5 Å². The molecule has 2 aromatic rings. The maximum Gasteiger partial charge on any atom is 0.240 e. The van der Waals surface area contributed by atoms with Gasteiger partial charge in [0.1, 0.15) is 5.82 Å². The highest BCUT2D eigenvalue weighted by Gasteiger charge is 2.62. The smallest absolute Gasteiger partial charge is 0.240 e. The Bertz CT molecular complexity index is 852. The van der Waals surface area contributed by atoms with E-state index in [1.54, 1.807) is 23.0 Å². The van der Waals surface area contributed by atoms with Gasteiger partial charge in [-0.15, -0.1) is 0 Å². The number of hydrogen-bond acceptors (Lipinski definition) is 4. The number of hydrogen-bond donors (Lipinski definition) is 0. The number of ether oxygens (including phenoxy) is 1. The first kappa shape index (κ1) is 14.8. The first-order valence-electron chi connectivity index (χ1n) is 8.42. The fourth-order valence-corrected chi connectivity index (χ4v) is 4.34. The van der Waals surface area contributed by atoms with Crippen LogP contribution in [0.25, 0.3) is 0 Å². The monoisotopic (exact) mass is 341 g/mol. The number of imide groups is 1. The molecule has 3 saturated heterocycles. The number of amides is 2. The summed E-state index contributed by atoms with van der Waals surface area (Å²) >= 11 is 0. The lowest BCUT2D eigenvalue weighted by Gasteiger charge is -2.15. The van der Waals surface area contributed by atoms with E-state index in [4.69, 9.17) is 4.74 Å². The molecule has 7 heteroatoms. The minimum absolute atomic E-state index is 0.126. The van der Waals surface area contributed by atoms with Gasteiger partial charge in [-0.25, -0.2) is 9.29 Å². The maximum atomic E-state index is 13.3. The zero-order valence-corrected chi connectivity index (χ0v) is 13.3. The average molecular weight is 341 g/mol. The third kappa shape index (κ3) is 2.15. The van der Waals surface area contributed by atoms with Gasteiger partial charge in [0.15, 0.2) is 0 Å². The van der Waals surface area contributed by atoms with E-state index in [1.165, 1.54) is 23.2 Å². The number of halogens is 1. The molecule has 0 spiro atoms. The number of nitrogens with zero attached hydrogens (tertiary/aromatic N) is 3. The van der Waals surface area contributed by atoms with Crippen LogP contribution < -0.4 is 4.90 Å². The summed E-state index contributed by atoms with van der Waals surface area (Å²) in [6.07, 6.45) is 4.61. The van der Waals surface area contributed by atoms with Gasteiger partial charge in [0.25, 0.3) is 0 Å². The Kier molecular flexibility index (Phi) is 3.09. The normalized spacial score (nSPS) is 30.4. The zero-order valence-electron chi connectivity index (χ0n) is 13.3. The minimum Gasteiger partial charge on any atom is -0.373 e. The Hall–Kier alpha value is -2.54. The Morgan fingerprint density at radius 3 is 2.56 bits per heavy atom. The molecule has 0 saturated carbocycles. The van der Waals surface area contributed by atoms with E-state index in [-0.39, 0.29) is 41.7 Å². The van der Waals surface area contributed by atoms with Crippen molar-refractivity contribution >= 4 is 17.5 Å². The van der Waals surface area contributed by atoms with E-state index in [0.717, 1.165) is 18.4 Å². The predicted octanol–water partition coefficient (Wildman–Crippen LogP) is 1.74. The van der Waals surface area contributed by atoms with Crippen LogP contribution in [0.2, 0.25) is 0 Å². The molecule has 0 N–H and O–H groups in total. The summed E-state index contributed by atoms with van der Waals surface area (Å²) in [7, 11) is 0. The summed E-state index contributed by atoms with van der Waals surface area (Å²) in [5, 5.41) is 4.22. The van der Waals surface area contributed by atoms with Crippen molar-refractivity contribution in [2.75, 3.05) is 4.90 Å². The van der Waals surface area contributed by atoms with E-state index >= 15 is 0 Å². The van der Waals surface area contributed by atoms with Crippen LogP contribution in [0.1, 0.15) is 18.4 Å². The van der Waals surface area contributed by atoms with Crippen molar-refractivity contribution in [1.29, 1.82) is 0 Å². The second kappa shape index (κ2) is 5.23. The van der Waals surface area contributed by atoms with Gasteiger partial charge in [-0.2, -0.15) is 5.10 Å². The number of aromatic nitrogens is 2. The molecule has 0 aliphatic carbocycles. The first-order chi connectivity index (χ1) is 12.1. The number of benzene rings is 1. The van der Waals surface area contributed by atoms with Crippen molar-refractivity contribution in [2.24, 2.45) is 11.8 Å². The molecule has 0 unspecified atom stereocenters. The zero-order chi connectivity index (χ0) is 17.1. The van der Waals surface area contributed by atoms with E-state index in [0.29, 0.717) is 12.2 Å². The Morgan fingerprint density at radius 2 is 1.88 bits per heavy atom. The van der Waals surface area contributed by atoms with Crippen molar-refractivity contribution in [1.82, 2.24) is 9.78 Å². The highest BCUT2D eigenvalue weighted by Crippen LogP contribution is 2.49. The topological polar surface area (TPSA) is 64.4 Å². The molecular formula is C18H16FN3O3. The van der Waals surface area contributed by atoms with Gasteiger partial charge in [0, 0.05) is 6.20 Å². The van der Waals surface area contributed by atoms with Crippen LogP contribution in [-0.2, 0) is 20.9 Å². The van der Waals surface area contributed by atoms with Gasteiger partial charge >= 0.3 is 0 Å². The van der Waals surface area contributed by atoms with Crippen molar-refractivity contribution < 1.29 is 18.7 Å². The molecule has 2 bridgehead atoms. The molecule has 4 atom stereocenters. The molecule has 25 heavy (non-hydrogen) atoms. The van der Waals surface area contributed by atoms with Crippen molar-refractivity contribution in [3.05, 3.63) is 48.0 Å². The Balaban J connectivity index is 1.40. The van der Waals surface area contributed by atoms with Gasteiger partial charge in [0.2, 0.25) is 11.8 Å². The lowest BCUT2D eigenvalue weighted by Crippen LogP contribution is -2.33. The van der Waals surface area contributed by atoms with E-state index < -0.39 is 0 Å². The van der Waals surface area contributed by atoms with Gasteiger partial charge in [-0.3, -0.25) is 14.3 Å². The molecule has 0 radical (unpaired) electrons. The number of anilines is 1. The lowest BCUT2D eigenvalue weighted by molar-refractivity contribution is -0.124. The van der Waals surface area contributed by atoms with E-state index in [1.807, 2.05) is 0 Å². The number of carbonyl (C=O) groups is 2. The Labute approximate surface area is 143 Å². The molecule has 4 heterocycles. The van der Waals surface area contributed by atoms with Gasteiger partial charge in [-0.05, 0) is 30.5 Å². The molecule has 3 fully saturated rings. The van der Waals surface area contributed by atoms with Crippen molar-refractivity contribution in [3.63, 3.8) is 0 Å². The molecule has 1 aromatic carbocycles. The molecule has 5 rings (SSSR count).